The fourth-order valence-corrected chi connectivity index (χ4v) is 6.46. The molecule has 1 aliphatic rings. The van der Waals surface area contributed by atoms with Gasteiger partial charge in [0.25, 0.3) is 0 Å². The number of amidine groups is 1. The van der Waals surface area contributed by atoms with Gasteiger partial charge in [-0.05, 0) is 72.7 Å². The van der Waals surface area contributed by atoms with E-state index in [1.807, 2.05) is 0 Å². The minimum absolute atomic E-state index is 0.0686. The Morgan fingerprint density at radius 1 is 0.451 bits per heavy atom. The van der Waals surface area contributed by atoms with Crippen LogP contribution in [0.15, 0.2) is 119 Å². The van der Waals surface area contributed by atoms with Crippen molar-refractivity contribution in [3.63, 3.8) is 0 Å². The molecule has 3 heteroatoms. The third-order valence-electron chi connectivity index (χ3n) is 10.00. The van der Waals surface area contributed by atoms with Crippen LogP contribution in [-0.4, -0.2) is 16.5 Å². The lowest BCUT2D eigenvalue weighted by Crippen LogP contribution is -2.11. The van der Waals surface area contributed by atoms with Gasteiger partial charge in [0.05, 0.1) is 5.71 Å². The van der Waals surface area contributed by atoms with Crippen LogP contribution in [0.1, 0.15) is 116 Å². The monoisotopic (exact) mass is 673 g/mol. The summed E-state index contributed by atoms with van der Waals surface area (Å²) >= 11 is 0. The largest absolute Gasteiger partial charge is 0.339 e. The van der Waals surface area contributed by atoms with Crippen molar-refractivity contribution in [2.45, 2.75) is 105 Å². The molecule has 1 aromatic heterocycles. The molecule has 4 aromatic carbocycles. The Hall–Kier alpha value is -4.76. The summed E-state index contributed by atoms with van der Waals surface area (Å²) in [4.78, 5) is 14.3. The highest BCUT2D eigenvalue weighted by Gasteiger charge is 2.24. The average Bonchev–Trinajstić information content (AvgIpc) is 3.68. The molecule has 1 aliphatic heterocycles. The lowest BCUT2D eigenvalue weighted by Gasteiger charge is -2.19. The van der Waals surface area contributed by atoms with E-state index < -0.39 is 0 Å². The van der Waals surface area contributed by atoms with Gasteiger partial charge in [-0.15, -0.1) is 0 Å². The highest BCUT2D eigenvalue weighted by atomic mass is 15.0. The van der Waals surface area contributed by atoms with Crippen LogP contribution < -0.4 is 0 Å². The SMILES string of the molecule is CC(C)(C)c1ccc(C2=CC(c3ccc(C(C)(C)C)cc3)=NC2=Nc2[nH]c(-c3ccc(C(C)(C)C)cc3)cc2-c2ccc(C(C)(C)C)cc2)cc1. The maximum Gasteiger partial charge on any atom is 0.162 e. The minimum Gasteiger partial charge on any atom is -0.339 e. The number of hydrogen-bond donors (Lipinski definition) is 1. The Balaban J connectivity index is 1.50. The maximum atomic E-state index is 5.38. The van der Waals surface area contributed by atoms with E-state index in [-0.39, 0.29) is 21.7 Å². The Labute approximate surface area is 306 Å². The number of benzene rings is 4. The third kappa shape index (κ3) is 7.94. The number of aromatic amines is 1. The molecule has 5 aromatic rings. The van der Waals surface area contributed by atoms with Crippen LogP contribution in [0.2, 0.25) is 0 Å². The Kier molecular flexibility index (Phi) is 9.25. The minimum atomic E-state index is 0.0686. The van der Waals surface area contributed by atoms with Crippen molar-refractivity contribution in [1.29, 1.82) is 0 Å². The number of rotatable bonds is 5. The molecule has 0 atom stereocenters. The van der Waals surface area contributed by atoms with Crippen molar-refractivity contribution in [3.05, 3.63) is 143 Å². The van der Waals surface area contributed by atoms with Gasteiger partial charge in [0, 0.05) is 22.4 Å². The van der Waals surface area contributed by atoms with Gasteiger partial charge in [0.2, 0.25) is 0 Å². The van der Waals surface area contributed by atoms with Crippen molar-refractivity contribution in [2.75, 3.05) is 0 Å². The summed E-state index contributed by atoms with van der Waals surface area (Å²) in [6.07, 6.45) is 2.20. The number of hydrogen-bond acceptors (Lipinski definition) is 1. The zero-order chi connectivity index (χ0) is 36.9. The third-order valence-corrected chi connectivity index (χ3v) is 10.00. The fourth-order valence-electron chi connectivity index (χ4n) is 6.46. The van der Waals surface area contributed by atoms with Gasteiger partial charge in [0.1, 0.15) is 5.82 Å². The van der Waals surface area contributed by atoms with Gasteiger partial charge in [0.15, 0.2) is 5.84 Å². The molecule has 6 rings (SSSR count). The Morgan fingerprint density at radius 3 is 1.24 bits per heavy atom. The van der Waals surface area contributed by atoms with Crippen molar-refractivity contribution in [1.82, 2.24) is 4.98 Å². The molecule has 0 saturated carbocycles. The van der Waals surface area contributed by atoms with E-state index in [1.165, 1.54) is 22.3 Å². The summed E-state index contributed by atoms with van der Waals surface area (Å²) in [7, 11) is 0. The Bertz CT molecular complexity index is 2100. The molecule has 262 valence electrons. The van der Waals surface area contributed by atoms with Crippen LogP contribution >= 0.6 is 0 Å². The molecule has 0 saturated heterocycles. The van der Waals surface area contributed by atoms with Crippen LogP contribution in [0.3, 0.4) is 0 Å². The number of H-pyrrole nitrogens is 1. The van der Waals surface area contributed by atoms with Gasteiger partial charge in [-0.3, -0.25) is 0 Å². The molecular weight excluding hydrogens is 619 g/mol. The van der Waals surface area contributed by atoms with E-state index in [0.29, 0.717) is 5.84 Å². The smallest absolute Gasteiger partial charge is 0.162 e. The van der Waals surface area contributed by atoms with Gasteiger partial charge in [-0.25, -0.2) is 9.98 Å². The predicted octanol–water partition coefficient (Wildman–Crippen LogP) is 13.2. The molecule has 0 amide bonds. The first-order chi connectivity index (χ1) is 23.8. The maximum absolute atomic E-state index is 5.38. The van der Waals surface area contributed by atoms with Crippen molar-refractivity contribution < 1.29 is 0 Å². The first-order valence-electron chi connectivity index (χ1n) is 18.3. The number of aliphatic imine (C=N–C) groups is 2. The van der Waals surface area contributed by atoms with Crippen molar-refractivity contribution in [3.8, 4) is 22.4 Å². The lowest BCUT2D eigenvalue weighted by atomic mass is 9.86. The molecule has 1 N–H and O–H groups in total. The van der Waals surface area contributed by atoms with E-state index in [0.717, 1.165) is 50.6 Å². The molecule has 0 radical (unpaired) electrons. The van der Waals surface area contributed by atoms with E-state index in [4.69, 9.17) is 9.98 Å². The molecule has 0 bridgehead atoms. The second kappa shape index (κ2) is 13.1. The predicted molar refractivity (Wildman–Crippen MR) is 221 cm³/mol. The summed E-state index contributed by atoms with van der Waals surface area (Å²) in [5, 5.41) is 0. The number of aromatic nitrogens is 1. The van der Waals surface area contributed by atoms with Gasteiger partial charge < -0.3 is 4.98 Å². The molecule has 2 heterocycles. The van der Waals surface area contributed by atoms with Gasteiger partial charge >= 0.3 is 0 Å². The van der Waals surface area contributed by atoms with E-state index >= 15 is 0 Å². The highest BCUT2D eigenvalue weighted by molar-refractivity contribution is 6.38. The Morgan fingerprint density at radius 2 is 0.824 bits per heavy atom. The second-order valence-electron chi connectivity index (χ2n) is 18.2. The van der Waals surface area contributed by atoms with Crippen LogP contribution in [0.25, 0.3) is 28.0 Å². The molecule has 0 aliphatic carbocycles. The van der Waals surface area contributed by atoms with Crippen molar-refractivity contribution in [2.24, 2.45) is 9.98 Å². The summed E-state index contributed by atoms with van der Waals surface area (Å²) < 4.78 is 0. The molecule has 0 unspecified atom stereocenters. The van der Waals surface area contributed by atoms with Gasteiger partial charge in [-0.2, -0.15) is 0 Å². The van der Waals surface area contributed by atoms with E-state index in [1.54, 1.807) is 0 Å². The van der Waals surface area contributed by atoms with Crippen LogP contribution in [-0.2, 0) is 21.7 Å². The summed E-state index contributed by atoms with van der Waals surface area (Å²) in [5.41, 5.74) is 14.0. The van der Waals surface area contributed by atoms with Crippen molar-refractivity contribution >= 4 is 22.9 Å². The first kappa shape index (κ1) is 36.0. The molecule has 51 heavy (non-hydrogen) atoms. The highest BCUT2D eigenvalue weighted by Crippen LogP contribution is 2.39. The normalized spacial score (nSPS) is 14.9. The lowest BCUT2D eigenvalue weighted by molar-refractivity contribution is 0.590. The second-order valence-corrected chi connectivity index (χ2v) is 18.2. The fraction of sp³-hybridized carbons (Fsp3) is 0.333. The zero-order valence-corrected chi connectivity index (χ0v) is 32.8. The molecular formula is C48H55N3. The first-order valence-corrected chi connectivity index (χ1v) is 18.3. The molecule has 0 spiro atoms. The summed E-state index contributed by atoms with van der Waals surface area (Å²) in [6.45, 7) is 27.0. The summed E-state index contributed by atoms with van der Waals surface area (Å²) in [6, 6.07) is 37.8. The van der Waals surface area contributed by atoms with Crippen LogP contribution in [0.4, 0.5) is 5.82 Å². The number of nitrogens with one attached hydrogen (secondary N) is 1. The van der Waals surface area contributed by atoms with E-state index in [2.05, 4.69) is 197 Å². The molecule has 3 nitrogen and oxygen atoms in total. The average molecular weight is 674 g/mol. The van der Waals surface area contributed by atoms with Crippen LogP contribution in [0.5, 0.6) is 0 Å². The van der Waals surface area contributed by atoms with E-state index in [9.17, 15) is 0 Å². The quantitative estimate of drug-likeness (QED) is 0.193. The number of nitrogens with zero attached hydrogens (tertiary/aromatic N) is 2. The number of allylic oxidation sites excluding steroid dienone is 1. The van der Waals surface area contributed by atoms with Gasteiger partial charge in [-0.1, -0.05) is 180 Å². The standard InChI is InChI=1S/C48H55N3/c1-45(2,3)35-21-13-31(14-22-35)39-29-41(33-17-25-37(26-18-33)47(7,8)9)49-43(39)51-44-40(32-15-23-36(24-16-32)46(4,5)6)30-42(50-44)34-19-27-38(28-20-34)48(10,11)12/h13-30,49H,1-12H3. The zero-order valence-electron chi connectivity index (χ0n) is 32.8. The topological polar surface area (TPSA) is 40.5 Å². The van der Waals surface area contributed by atoms with Crippen LogP contribution in [0, 0.1) is 0 Å². The summed E-state index contributed by atoms with van der Waals surface area (Å²) in [5.74, 6) is 1.51. The molecule has 0 fully saturated rings.